The van der Waals surface area contributed by atoms with Crippen molar-refractivity contribution in [1.29, 1.82) is 0 Å². The first-order valence-corrected chi connectivity index (χ1v) is 7.91. The quantitative estimate of drug-likeness (QED) is 0.884. The first kappa shape index (κ1) is 14.3. The fraction of sp³-hybridized carbons (Fsp3) is 0.294. The molecule has 0 aliphatic carbocycles. The van der Waals surface area contributed by atoms with Gasteiger partial charge in [0.15, 0.2) is 11.5 Å². The molecular weight excluding hydrogens is 330 g/mol. The minimum atomic E-state index is 0.710. The number of hydrogen-bond acceptors (Lipinski definition) is 3. The van der Waals surface area contributed by atoms with Crippen LogP contribution in [0.5, 0.6) is 11.5 Å². The Balaban J connectivity index is 1.77. The summed E-state index contributed by atoms with van der Waals surface area (Å²) in [7, 11) is 0. The van der Waals surface area contributed by atoms with Crippen LogP contribution in [0, 0.1) is 6.92 Å². The lowest BCUT2D eigenvalue weighted by Crippen LogP contribution is -2.03. The molecule has 4 heteroatoms. The molecule has 0 spiro atoms. The van der Waals surface area contributed by atoms with E-state index >= 15 is 0 Å². The third-order valence-electron chi connectivity index (χ3n) is 3.49. The first-order chi connectivity index (χ1) is 10.2. The van der Waals surface area contributed by atoms with Crippen LogP contribution in [0.25, 0.3) is 0 Å². The Morgan fingerprint density at radius 1 is 1.14 bits per heavy atom. The summed E-state index contributed by atoms with van der Waals surface area (Å²) >= 11 is 3.52. The molecule has 1 aliphatic heterocycles. The maximum absolute atomic E-state index is 5.84. The second-order valence-corrected chi connectivity index (χ2v) is 5.97. The van der Waals surface area contributed by atoms with Crippen molar-refractivity contribution in [3.05, 3.63) is 52.0 Å². The summed E-state index contributed by atoms with van der Waals surface area (Å²) < 4.78 is 12.7. The van der Waals surface area contributed by atoms with Gasteiger partial charge in [-0.25, -0.2) is 0 Å². The summed E-state index contributed by atoms with van der Waals surface area (Å²) in [6.45, 7) is 4.23. The van der Waals surface area contributed by atoms with E-state index in [0.29, 0.717) is 13.2 Å². The van der Waals surface area contributed by atoms with Gasteiger partial charge >= 0.3 is 0 Å². The van der Waals surface area contributed by atoms with Gasteiger partial charge in [0, 0.05) is 28.7 Å². The second-order valence-electron chi connectivity index (χ2n) is 5.11. The average molecular weight is 348 g/mol. The zero-order valence-electron chi connectivity index (χ0n) is 12.0. The van der Waals surface area contributed by atoms with Crippen LogP contribution in [-0.4, -0.2) is 13.2 Å². The zero-order valence-corrected chi connectivity index (χ0v) is 13.6. The summed E-state index contributed by atoms with van der Waals surface area (Å²) in [5, 5.41) is 3.44. The molecule has 0 aromatic heterocycles. The van der Waals surface area contributed by atoms with Crippen molar-refractivity contribution >= 4 is 21.6 Å². The molecule has 0 atom stereocenters. The summed E-state index contributed by atoms with van der Waals surface area (Å²) in [6, 6.07) is 12.3. The first-order valence-electron chi connectivity index (χ1n) is 7.11. The highest BCUT2D eigenvalue weighted by atomic mass is 79.9. The topological polar surface area (TPSA) is 30.5 Å². The van der Waals surface area contributed by atoms with E-state index in [1.807, 2.05) is 12.1 Å². The largest absolute Gasteiger partial charge is 0.490 e. The summed E-state index contributed by atoms with van der Waals surface area (Å²) in [5.41, 5.74) is 3.43. The van der Waals surface area contributed by atoms with E-state index < -0.39 is 0 Å². The standard InChI is InChI=1S/C17H18BrNO2/c1-12-10-14(6-7-15(12)18)19-11-13-4-2-5-16-17(13)21-9-3-8-20-16/h2,4-7,10,19H,3,8-9,11H2,1H3. The van der Waals surface area contributed by atoms with Gasteiger partial charge < -0.3 is 14.8 Å². The van der Waals surface area contributed by atoms with Gasteiger partial charge in [0.2, 0.25) is 0 Å². The van der Waals surface area contributed by atoms with Gasteiger partial charge in [-0.2, -0.15) is 0 Å². The molecule has 3 nitrogen and oxygen atoms in total. The summed E-state index contributed by atoms with van der Waals surface area (Å²) in [4.78, 5) is 0. The van der Waals surface area contributed by atoms with Gasteiger partial charge in [0.05, 0.1) is 13.2 Å². The lowest BCUT2D eigenvalue weighted by Gasteiger charge is -2.14. The summed E-state index contributed by atoms with van der Waals surface area (Å²) in [5.74, 6) is 1.72. The summed E-state index contributed by atoms with van der Waals surface area (Å²) in [6.07, 6.45) is 0.924. The van der Waals surface area contributed by atoms with Crippen LogP contribution in [0.15, 0.2) is 40.9 Å². The predicted molar refractivity (Wildman–Crippen MR) is 88.3 cm³/mol. The van der Waals surface area contributed by atoms with E-state index in [2.05, 4.69) is 52.4 Å². The molecule has 0 saturated carbocycles. The number of benzene rings is 2. The zero-order chi connectivity index (χ0) is 14.7. The molecule has 1 aliphatic rings. The SMILES string of the molecule is Cc1cc(NCc2cccc3c2OCCCO3)ccc1Br. The van der Waals surface area contributed by atoms with Crippen molar-refractivity contribution in [3.63, 3.8) is 0 Å². The molecule has 0 radical (unpaired) electrons. The fourth-order valence-corrected chi connectivity index (χ4v) is 2.59. The molecule has 110 valence electrons. The van der Waals surface area contributed by atoms with Crippen molar-refractivity contribution in [1.82, 2.24) is 0 Å². The van der Waals surface area contributed by atoms with Gasteiger partial charge in [0.1, 0.15) is 0 Å². The maximum atomic E-state index is 5.84. The van der Waals surface area contributed by atoms with Crippen LogP contribution in [0.2, 0.25) is 0 Å². The minimum absolute atomic E-state index is 0.710. The van der Waals surface area contributed by atoms with E-state index in [4.69, 9.17) is 9.47 Å². The Morgan fingerprint density at radius 2 is 2.00 bits per heavy atom. The maximum Gasteiger partial charge on any atom is 0.166 e. The monoisotopic (exact) mass is 347 g/mol. The van der Waals surface area contributed by atoms with Crippen molar-refractivity contribution in [2.75, 3.05) is 18.5 Å². The van der Waals surface area contributed by atoms with E-state index in [1.54, 1.807) is 0 Å². The second kappa shape index (κ2) is 6.39. The molecule has 1 heterocycles. The molecule has 3 rings (SSSR count). The van der Waals surface area contributed by atoms with Crippen molar-refractivity contribution in [2.24, 2.45) is 0 Å². The molecule has 21 heavy (non-hydrogen) atoms. The van der Waals surface area contributed by atoms with Gasteiger partial charge in [-0.15, -0.1) is 0 Å². The molecule has 0 saturated heterocycles. The Hall–Kier alpha value is -1.68. The molecule has 0 amide bonds. The van der Waals surface area contributed by atoms with Gasteiger partial charge in [-0.1, -0.05) is 28.1 Å². The lowest BCUT2D eigenvalue weighted by atomic mass is 10.1. The third kappa shape index (κ3) is 3.32. The normalized spacial score (nSPS) is 13.6. The van der Waals surface area contributed by atoms with Crippen LogP contribution in [0.1, 0.15) is 17.5 Å². The van der Waals surface area contributed by atoms with E-state index in [0.717, 1.165) is 40.3 Å². The van der Waals surface area contributed by atoms with Gasteiger partial charge in [0.25, 0.3) is 0 Å². The number of ether oxygens (including phenoxy) is 2. The molecule has 1 N–H and O–H groups in total. The predicted octanol–water partition coefficient (Wildman–Crippen LogP) is 4.53. The number of halogens is 1. The molecule has 0 unspecified atom stereocenters. The van der Waals surface area contributed by atoms with Crippen LogP contribution < -0.4 is 14.8 Å². The smallest absolute Gasteiger partial charge is 0.166 e. The number of nitrogens with one attached hydrogen (secondary N) is 1. The average Bonchev–Trinajstić information content (AvgIpc) is 2.74. The van der Waals surface area contributed by atoms with Crippen LogP contribution >= 0.6 is 15.9 Å². The molecule has 0 bridgehead atoms. The molecule has 0 fully saturated rings. The molecular formula is C17H18BrNO2. The highest BCUT2D eigenvalue weighted by Gasteiger charge is 2.14. The molecule has 2 aromatic carbocycles. The number of para-hydroxylation sites is 1. The van der Waals surface area contributed by atoms with Crippen molar-refractivity contribution < 1.29 is 9.47 Å². The number of hydrogen-bond donors (Lipinski definition) is 1. The van der Waals surface area contributed by atoms with Crippen LogP contribution in [0.3, 0.4) is 0 Å². The third-order valence-corrected chi connectivity index (χ3v) is 4.38. The highest BCUT2D eigenvalue weighted by Crippen LogP contribution is 2.33. The lowest BCUT2D eigenvalue weighted by molar-refractivity contribution is 0.296. The van der Waals surface area contributed by atoms with Crippen molar-refractivity contribution in [2.45, 2.75) is 19.9 Å². The van der Waals surface area contributed by atoms with Crippen LogP contribution in [0.4, 0.5) is 5.69 Å². The number of fused-ring (bicyclic) bond motifs is 1. The Labute approximate surface area is 133 Å². The number of anilines is 1. The fourth-order valence-electron chi connectivity index (χ4n) is 2.35. The minimum Gasteiger partial charge on any atom is -0.490 e. The van der Waals surface area contributed by atoms with E-state index in [9.17, 15) is 0 Å². The Bertz CT molecular complexity index is 643. The number of aryl methyl sites for hydroxylation is 1. The van der Waals surface area contributed by atoms with Gasteiger partial charge in [-0.3, -0.25) is 0 Å². The highest BCUT2D eigenvalue weighted by molar-refractivity contribution is 9.10. The van der Waals surface area contributed by atoms with Crippen LogP contribution in [-0.2, 0) is 6.54 Å². The Kier molecular flexibility index (Phi) is 4.34. The van der Waals surface area contributed by atoms with E-state index in [1.165, 1.54) is 5.56 Å². The van der Waals surface area contributed by atoms with Gasteiger partial charge in [-0.05, 0) is 36.8 Å². The number of rotatable bonds is 3. The van der Waals surface area contributed by atoms with Crippen molar-refractivity contribution in [3.8, 4) is 11.5 Å². The molecule has 2 aromatic rings. The van der Waals surface area contributed by atoms with E-state index in [-0.39, 0.29) is 0 Å². The Morgan fingerprint density at radius 3 is 2.86 bits per heavy atom.